The number of likely N-dealkylation sites (N-methyl/N-ethyl adjacent to an activating group) is 1. The summed E-state index contributed by atoms with van der Waals surface area (Å²) in [4.78, 5) is 14.7. The van der Waals surface area contributed by atoms with Crippen LogP contribution >= 0.6 is 0 Å². The SMILES string of the molecule is CN1CCCCC1CNC(=O)c1ccc2c(c1)CCCN2. The topological polar surface area (TPSA) is 44.4 Å². The van der Waals surface area contributed by atoms with Gasteiger partial charge >= 0.3 is 0 Å². The quantitative estimate of drug-likeness (QED) is 0.896. The minimum atomic E-state index is 0.0577. The maximum absolute atomic E-state index is 12.3. The smallest absolute Gasteiger partial charge is 0.251 e. The standard InChI is InChI=1S/C17H25N3O/c1-20-10-3-2-6-15(20)12-19-17(21)14-7-8-16-13(11-14)5-4-9-18-16/h7-8,11,15,18H,2-6,9-10,12H2,1H3,(H,19,21). The molecule has 0 aliphatic carbocycles. The van der Waals surface area contributed by atoms with Crippen LogP contribution in [0.1, 0.15) is 41.6 Å². The summed E-state index contributed by atoms with van der Waals surface area (Å²) in [6.45, 7) is 2.93. The summed E-state index contributed by atoms with van der Waals surface area (Å²) in [7, 11) is 2.15. The lowest BCUT2D eigenvalue weighted by molar-refractivity contribution is 0.0928. The molecule has 0 saturated carbocycles. The first-order chi connectivity index (χ1) is 10.2. The number of benzene rings is 1. The summed E-state index contributed by atoms with van der Waals surface area (Å²) in [6.07, 6.45) is 5.94. The maximum Gasteiger partial charge on any atom is 0.251 e. The van der Waals surface area contributed by atoms with E-state index in [1.165, 1.54) is 30.5 Å². The molecule has 1 aromatic rings. The van der Waals surface area contributed by atoms with Crippen molar-refractivity contribution in [2.24, 2.45) is 0 Å². The summed E-state index contributed by atoms with van der Waals surface area (Å²) >= 11 is 0. The van der Waals surface area contributed by atoms with E-state index in [1.54, 1.807) is 0 Å². The summed E-state index contributed by atoms with van der Waals surface area (Å²) in [5, 5.41) is 6.48. The molecular weight excluding hydrogens is 262 g/mol. The van der Waals surface area contributed by atoms with Crippen LogP contribution in [0.3, 0.4) is 0 Å². The number of hydrogen-bond acceptors (Lipinski definition) is 3. The Morgan fingerprint density at radius 1 is 1.38 bits per heavy atom. The van der Waals surface area contributed by atoms with Crippen LogP contribution < -0.4 is 10.6 Å². The largest absolute Gasteiger partial charge is 0.385 e. The zero-order valence-electron chi connectivity index (χ0n) is 12.8. The van der Waals surface area contributed by atoms with E-state index in [4.69, 9.17) is 0 Å². The highest BCUT2D eigenvalue weighted by molar-refractivity contribution is 5.95. The van der Waals surface area contributed by atoms with Crippen molar-refractivity contribution in [1.82, 2.24) is 10.2 Å². The Bertz CT molecular complexity index is 515. The van der Waals surface area contributed by atoms with Crippen molar-refractivity contribution < 1.29 is 4.79 Å². The molecule has 4 heteroatoms. The maximum atomic E-state index is 12.3. The third-order valence-electron chi connectivity index (χ3n) is 4.73. The van der Waals surface area contributed by atoms with Gasteiger partial charge in [-0.05, 0) is 63.0 Å². The van der Waals surface area contributed by atoms with Crippen LogP contribution in [0.15, 0.2) is 18.2 Å². The molecule has 1 amide bonds. The van der Waals surface area contributed by atoms with Crippen molar-refractivity contribution in [1.29, 1.82) is 0 Å². The number of nitrogens with zero attached hydrogens (tertiary/aromatic N) is 1. The van der Waals surface area contributed by atoms with Crippen LogP contribution in [0.2, 0.25) is 0 Å². The molecule has 114 valence electrons. The number of fused-ring (bicyclic) bond motifs is 1. The first-order valence-electron chi connectivity index (χ1n) is 8.09. The van der Waals surface area contributed by atoms with E-state index in [2.05, 4.69) is 22.6 Å². The number of amides is 1. The summed E-state index contributed by atoms with van der Waals surface area (Å²) in [6, 6.07) is 6.50. The predicted molar refractivity (Wildman–Crippen MR) is 85.9 cm³/mol. The highest BCUT2D eigenvalue weighted by Crippen LogP contribution is 2.23. The second-order valence-electron chi connectivity index (χ2n) is 6.24. The molecule has 1 fully saturated rings. The Labute approximate surface area is 126 Å². The van der Waals surface area contributed by atoms with Gasteiger partial charge in [0, 0.05) is 30.4 Å². The van der Waals surface area contributed by atoms with Crippen molar-refractivity contribution in [3.05, 3.63) is 29.3 Å². The van der Waals surface area contributed by atoms with Crippen molar-refractivity contribution in [3.8, 4) is 0 Å². The molecule has 0 bridgehead atoms. The fraction of sp³-hybridized carbons (Fsp3) is 0.588. The van der Waals surface area contributed by atoms with Gasteiger partial charge in [-0.15, -0.1) is 0 Å². The van der Waals surface area contributed by atoms with Crippen LogP contribution in [-0.4, -0.2) is 43.5 Å². The Kier molecular flexibility index (Phi) is 4.44. The monoisotopic (exact) mass is 287 g/mol. The molecule has 21 heavy (non-hydrogen) atoms. The zero-order valence-corrected chi connectivity index (χ0v) is 12.8. The Hall–Kier alpha value is -1.55. The van der Waals surface area contributed by atoms with E-state index in [1.807, 2.05) is 18.2 Å². The van der Waals surface area contributed by atoms with Crippen LogP contribution in [0.25, 0.3) is 0 Å². The number of piperidine rings is 1. The Morgan fingerprint density at radius 3 is 3.14 bits per heavy atom. The average molecular weight is 287 g/mol. The van der Waals surface area contributed by atoms with Crippen molar-refractivity contribution in [3.63, 3.8) is 0 Å². The van der Waals surface area contributed by atoms with Crippen molar-refractivity contribution >= 4 is 11.6 Å². The minimum Gasteiger partial charge on any atom is -0.385 e. The van der Waals surface area contributed by atoms with Gasteiger partial charge < -0.3 is 15.5 Å². The average Bonchev–Trinajstić information content (AvgIpc) is 2.53. The van der Waals surface area contributed by atoms with E-state index in [-0.39, 0.29) is 5.91 Å². The predicted octanol–water partition coefficient (Wildman–Crippen LogP) is 2.26. The number of anilines is 1. The molecule has 1 aromatic carbocycles. The molecule has 3 rings (SSSR count). The van der Waals surface area contributed by atoms with Crippen LogP contribution in [0.5, 0.6) is 0 Å². The number of likely N-dealkylation sites (tertiary alicyclic amines) is 1. The number of rotatable bonds is 3. The second-order valence-corrected chi connectivity index (χ2v) is 6.24. The van der Waals surface area contributed by atoms with Crippen molar-refractivity contribution in [2.45, 2.75) is 38.1 Å². The zero-order chi connectivity index (χ0) is 14.7. The van der Waals surface area contributed by atoms with Gasteiger partial charge in [0.15, 0.2) is 0 Å². The summed E-state index contributed by atoms with van der Waals surface area (Å²) in [5.74, 6) is 0.0577. The van der Waals surface area contributed by atoms with E-state index < -0.39 is 0 Å². The van der Waals surface area contributed by atoms with Gasteiger partial charge in [0.25, 0.3) is 5.91 Å². The lowest BCUT2D eigenvalue weighted by Gasteiger charge is -2.32. The van der Waals surface area contributed by atoms with Crippen LogP contribution in [0.4, 0.5) is 5.69 Å². The van der Waals surface area contributed by atoms with Gasteiger partial charge in [-0.2, -0.15) is 0 Å². The molecule has 2 heterocycles. The van der Waals surface area contributed by atoms with Crippen LogP contribution in [-0.2, 0) is 6.42 Å². The van der Waals surface area contributed by atoms with Gasteiger partial charge in [-0.25, -0.2) is 0 Å². The van der Waals surface area contributed by atoms with Crippen molar-refractivity contribution in [2.75, 3.05) is 32.0 Å². The number of carbonyl (C=O) groups is 1. The van der Waals surface area contributed by atoms with E-state index >= 15 is 0 Å². The van der Waals surface area contributed by atoms with Gasteiger partial charge in [0.2, 0.25) is 0 Å². The number of nitrogens with one attached hydrogen (secondary N) is 2. The van der Waals surface area contributed by atoms with E-state index in [0.29, 0.717) is 6.04 Å². The normalized spacial score (nSPS) is 22.2. The van der Waals surface area contributed by atoms with E-state index in [9.17, 15) is 4.79 Å². The van der Waals surface area contributed by atoms with Gasteiger partial charge in [0.1, 0.15) is 0 Å². The van der Waals surface area contributed by atoms with Gasteiger partial charge in [-0.1, -0.05) is 6.42 Å². The molecular formula is C17H25N3O. The minimum absolute atomic E-state index is 0.0577. The summed E-state index contributed by atoms with van der Waals surface area (Å²) in [5.41, 5.74) is 3.24. The number of hydrogen-bond donors (Lipinski definition) is 2. The third kappa shape index (κ3) is 3.38. The number of aryl methyl sites for hydroxylation is 1. The second kappa shape index (κ2) is 6.48. The highest BCUT2D eigenvalue weighted by atomic mass is 16.1. The molecule has 2 aliphatic rings. The lowest BCUT2D eigenvalue weighted by atomic mass is 10.00. The fourth-order valence-corrected chi connectivity index (χ4v) is 3.33. The number of carbonyl (C=O) groups excluding carboxylic acids is 1. The molecule has 0 spiro atoms. The van der Waals surface area contributed by atoms with E-state index in [0.717, 1.165) is 38.0 Å². The molecule has 4 nitrogen and oxygen atoms in total. The molecule has 0 radical (unpaired) electrons. The summed E-state index contributed by atoms with van der Waals surface area (Å²) < 4.78 is 0. The molecule has 1 atom stereocenters. The van der Waals surface area contributed by atoms with Gasteiger partial charge in [-0.3, -0.25) is 4.79 Å². The first-order valence-corrected chi connectivity index (χ1v) is 8.09. The van der Waals surface area contributed by atoms with Crippen LogP contribution in [0, 0.1) is 0 Å². The Morgan fingerprint density at radius 2 is 2.29 bits per heavy atom. The fourth-order valence-electron chi connectivity index (χ4n) is 3.33. The molecule has 0 aromatic heterocycles. The Balaban J connectivity index is 1.60. The van der Waals surface area contributed by atoms with Gasteiger partial charge in [0.05, 0.1) is 0 Å². The lowest BCUT2D eigenvalue weighted by Crippen LogP contribution is -2.44. The first kappa shape index (κ1) is 14.4. The molecule has 1 saturated heterocycles. The molecule has 2 aliphatic heterocycles. The highest BCUT2D eigenvalue weighted by Gasteiger charge is 2.20. The molecule has 1 unspecified atom stereocenters. The third-order valence-corrected chi connectivity index (χ3v) is 4.73. The molecule has 2 N–H and O–H groups in total.